The van der Waals surface area contributed by atoms with Crippen molar-refractivity contribution < 1.29 is 14.7 Å². The van der Waals surface area contributed by atoms with Gasteiger partial charge in [0.1, 0.15) is 0 Å². The van der Waals surface area contributed by atoms with Crippen LogP contribution in [0.4, 0.5) is 0 Å². The minimum absolute atomic E-state index is 0.0338. The van der Waals surface area contributed by atoms with Gasteiger partial charge < -0.3 is 21.0 Å². The highest BCUT2D eigenvalue weighted by atomic mass is 16.5. The molecule has 5 N–H and O–H groups in total. The Hall–Kier alpha value is -1.34. The molecule has 1 amide bonds. The number of nitrogens with two attached hydrogens (primary N) is 1. The largest absolute Gasteiger partial charge is 0.409 e. The van der Waals surface area contributed by atoms with Gasteiger partial charge in [0, 0.05) is 13.7 Å². The molecule has 7 heteroatoms. The third-order valence-electron chi connectivity index (χ3n) is 1.72. The normalized spacial score (nSPS) is 13.6. The van der Waals surface area contributed by atoms with Crippen LogP contribution < -0.4 is 16.4 Å². The maximum atomic E-state index is 11.3. The molecule has 0 saturated heterocycles. The molecule has 0 radical (unpaired) electrons. The van der Waals surface area contributed by atoms with Crippen molar-refractivity contribution in [3.63, 3.8) is 0 Å². The molecule has 88 valence electrons. The van der Waals surface area contributed by atoms with Crippen LogP contribution in [-0.2, 0) is 9.53 Å². The molecule has 0 bridgehead atoms. The highest BCUT2D eigenvalue weighted by molar-refractivity contribution is 5.84. The monoisotopic (exact) mass is 218 g/mol. The number of nitrogens with one attached hydrogen (secondary N) is 2. The van der Waals surface area contributed by atoms with Crippen molar-refractivity contribution in [1.29, 1.82) is 0 Å². The lowest BCUT2D eigenvalue weighted by Gasteiger charge is -2.13. The second-order valence-corrected chi connectivity index (χ2v) is 2.98. The van der Waals surface area contributed by atoms with E-state index in [1.54, 1.807) is 14.0 Å². The van der Waals surface area contributed by atoms with Crippen LogP contribution in [0, 0.1) is 0 Å². The summed E-state index contributed by atoms with van der Waals surface area (Å²) in [6.07, 6.45) is 0. The number of carbonyl (C=O) groups is 1. The number of amides is 1. The summed E-state index contributed by atoms with van der Waals surface area (Å²) < 4.78 is 4.78. The molecule has 0 aliphatic carbocycles. The van der Waals surface area contributed by atoms with Crippen LogP contribution in [0.1, 0.15) is 6.92 Å². The lowest BCUT2D eigenvalue weighted by Crippen LogP contribution is -2.45. The van der Waals surface area contributed by atoms with Crippen LogP contribution in [0.2, 0.25) is 0 Å². The fourth-order valence-corrected chi connectivity index (χ4v) is 0.815. The molecule has 0 fully saturated rings. The number of hydrogen-bond acceptors (Lipinski definition) is 5. The highest BCUT2D eigenvalue weighted by Gasteiger charge is 2.11. The summed E-state index contributed by atoms with van der Waals surface area (Å²) in [5, 5.41) is 16.5. The van der Waals surface area contributed by atoms with Crippen molar-refractivity contribution in [3.8, 4) is 0 Å². The van der Waals surface area contributed by atoms with Crippen molar-refractivity contribution >= 4 is 11.7 Å². The van der Waals surface area contributed by atoms with E-state index in [1.807, 2.05) is 0 Å². The van der Waals surface area contributed by atoms with E-state index < -0.39 is 6.04 Å². The van der Waals surface area contributed by atoms with Gasteiger partial charge in [0.15, 0.2) is 5.84 Å². The van der Waals surface area contributed by atoms with Crippen LogP contribution in [0.25, 0.3) is 0 Å². The lowest BCUT2D eigenvalue weighted by molar-refractivity contribution is -0.122. The van der Waals surface area contributed by atoms with E-state index in [1.165, 1.54) is 0 Å². The number of amidine groups is 1. The first-order chi connectivity index (χ1) is 7.11. The molecule has 1 atom stereocenters. The molecular formula is C8H18N4O3. The van der Waals surface area contributed by atoms with Crippen LogP contribution in [0.3, 0.4) is 0 Å². The van der Waals surface area contributed by atoms with E-state index in [9.17, 15) is 4.79 Å². The molecule has 0 aliphatic rings. The van der Waals surface area contributed by atoms with Gasteiger partial charge in [-0.05, 0) is 6.92 Å². The summed E-state index contributed by atoms with van der Waals surface area (Å²) in [5.41, 5.74) is 5.23. The van der Waals surface area contributed by atoms with Gasteiger partial charge in [-0.15, -0.1) is 0 Å². The number of rotatable bonds is 7. The number of nitrogens with zero attached hydrogens (tertiary/aromatic N) is 1. The predicted octanol–water partition coefficient (Wildman–Crippen LogP) is -1.53. The number of carbonyl (C=O) groups excluding carboxylic acids is 1. The second kappa shape index (κ2) is 8.01. The standard InChI is InChI=1S/C8H18N4O3/c1-6(11-5-7(9)12-14)8(13)10-3-4-15-2/h6,11,14H,3-5H2,1-2H3,(H2,9,12)(H,10,13). The minimum Gasteiger partial charge on any atom is -0.409 e. The molecule has 0 heterocycles. The lowest BCUT2D eigenvalue weighted by atomic mass is 10.3. The van der Waals surface area contributed by atoms with Crippen molar-refractivity contribution in [1.82, 2.24) is 10.6 Å². The van der Waals surface area contributed by atoms with Gasteiger partial charge in [-0.2, -0.15) is 0 Å². The minimum atomic E-state index is -0.401. The maximum absolute atomic E-state index is 11.3. The zero-order valence-electron chi connectivity index (χ0n) is 8.99. The molecule has 0 aliphatic heterocycles. The Bertz CT molecular complexity index is 220. The molecule has 0 aromatic carbocycles. The molecular weight excluding hydrogens is 200 g/mol. The number of ether oxygens (including phenoxy) is 1. The summed E-state index contributed by atoms with van der Waals surface area (Å²) in [6, 6.07) is -0.401. The van der Waals surface area contributed by atoms with Crippen molar-refractivity contribution in [2.45, 2.75) is 13.0 Å². The zero-order chi connectivity index (χ0) is 11.7. The van der Waals surface area contributed by atoms with Crippen LogP contribution in [-0.4, -0.2) is 49.8 Å². The summed E-state index contributed by atoms with van der Waals surface area (Å²) in [7, 11) is 1.56. The average Bonchev–Trinajstić information content (AvgIpc) is 2.25. The quantitative estimate of drug-likeness (QED) is 0.136. The molecule has 7 nitrogen and oxygen atoms in total. The van der Waals surface area contributed by atoms with Gasteiger partial charge in [0.25, 0.3) is 0 Å². The fraction of sp³-hybridized carbons (Fsp3) is 0.750. The Morgan fingerprint density at radius 3 is 2.87 bits per heavy atom. The number of methoxy groups -OCH3 is 1. The smallest absolute Gasteiger partial charge is 0.236 e. The third kappa shape index (κ3) is 6.69. The van der Waals surface area contributed by atoms with E-state index in [0.717, 1.165) is 0 Å². The van der Waals surface area contributed by atoms with Gasteiger partial charge >= 0.3 is 0 Å². The van der Waals surface area contributed by atoms with Crippen LogP contribution in [0.5, 0.6) is 0 Å². The fourth-order valence-electron chi connectivity index (χ4n) is 0.815. The summed E-state index contributed by atoms with van der Waals surface area (Å²) in [6.45, 7) is 2.78. The zero-order valence-corrected chi connectivity index (χ0v) is 8.99. The first-order valence-electron chi connectivity index (χ1n) is 4.58. The number of hydrogen-bond donors (Lipinski definition) is 4. The van der Waals surface area contributed by atoms with Gasteiger partial charge in [-0.1, -0.05) is 5.16 Å². The maximum Gasteiger partial charge on any atom is 0.236 e. The van der Waals surface area contributed by atoms with Gasteiger partial charge in [0.2, 0.25) is 5.91 Å². The molecule has 0 aromatic rings. The second-order valence-electron chi connectivity index (χ2n) is 2.98. The van der Waals surface area contributed by atoms with Crippen molar-refractivity contribution in [2.75, 3.05) is 26.8 Å². The molecule has 0 spiro atoms. The van der Waals surface area contributed by atoms with Crippen LogP contribution >= 0.6 is 0 Å². The van der Waals surface area contributed by atoms with E-state index >= 15 is 0 Å². The molecule has 0 aromatic heterocycles. The predicted molar refractivity (Wildman–Crippen MR) is 55.8 cm³/mol. The Labute approximate surface area is 88.7 Å². The van der Waals surface area contributed by atoms with E-state index in [2.05, 4.69) is 15.8 Å². The summed E-state index contributed by atoms with van der Waals surface area (Å²) in [5.74, 6) is -0.121. The summed E-state index contributed by atoms with van der Waals surface area (Å²) >= 11 is 0. The Morgan fingerprint density at radius 2 is 2.33 bits per heavy atom. The van der Waals surface area contributed by atoms with Gasteiger partial charge in [-0.25, -0.2) is 0 Å². The van der Waals surface area contributed by atoms with Gasteiger partial charge in [0.05, 0.1) is 19.2 Å². The molecule has 0 saturated carbocycles. The highest BCUT2D eigenvalue weighted by Crippen LogP contribution is 1.81. The van der Waals surface area contributed by atoms with E-state index in [4.69, 9.17) is 15.7 Å². The van der Waals surface area contributed by atoms with Crippen molar-refractivity contribution in [2.24, 2.45) is 10.9 Å². The topological polar surface area (TPSA) is 109 Å². The Balaban J connectivity index is 3.69. The number of oxime groups is 1. The third-order valence-corrected chi connectivity index (χ3v) is 1.72. The summed E-state index contributed by atoms with van der Waals surface area (Å²) in [4.78, 5) is 11.3. The van der Waals surface area contributed by atoms with E-state index in [0.29, 0.717) is 13.2 Å². The molecule has 0 rings (SSSR count). The average molecular weight is 218 g/mol. The SMILES string of the molecule is COCCNC(=O)C(C)NCC(N)=NO. The first-order valence-corrected chi connectivity index (χ1v) is 4.58. The Morgan fingerprint density at radius 1 is 1.67 bits per heavy atom. The molecule has 15 heavy (non-hydrogen) atoms. The van der Waals surface area contributed by atoms with E-state index in [-0.39, 0.29) is 18.3 Å². The molecule has 1 unspecified atom stereocenters. The van der Waals surface area contributed by atoms with Crippen molar-refractivity contribution in [3.05, 3.63) is 0 Å². The first kappa shape index (κ1) is 13.7. The Kier molecular flexibility index (Phi) is 7.29. The van der Waals surface area contributed by atoms with Gasteiger partial charge in [-0.3, -0.25) is 10.1 Å². The van der Waals surface area contributed by atoms with Crippen LogP contribution in [0.15, 0.2) is 5.16 Å².